The summed E-state index contributed by atoms with van der Waals surface area (Å²) in [7, 11) is 0. The number of rotatable bonds is 9. The molecule has 1 aliphatic rings. The molecule has 1 N–H and O–H groups in total. The average molecular weight is 333 g/mol. The van der Waals surface area contributed by atoms with Crippen LogP contribution in [-0.2, 0) is 9.47 Å². The third-order valence-electron chi connectivity index (χ3n) is 4.22. The summed E-state index contributed by atoms with van der Waals surface area (Å²) in [4.78, 5) is 0. The number of anilines is 1. The van der Waals surface area contributed by atoms with E-state index < -0.39 is 5.60 Å². The average Bonchev–Trinajstić information content (AvgIpc) is 2.54. The maximum absolute atomic E-state index is 6.26. The number of nitrogens with one attached hydrogen (secondary N) is 1. The Labute approximate surface area is 146 Å². The van der Waals surface area contributed by atoms with Crippen molar-refractivity contribution in [3.05, 3.63) is 36.4 Å². The van der Waals surface area contributed by atoms with E-state index in [-0.39, 0.29) is 12.2 Å². The molecular formula is C20H31NO3. The minimum atomic E-state index is -0.466. The molecule has 1 aromatic rings. The molecule has 0 amide bonds. The van der Waals surface area contributed by atoms with Gasteiger partial charge in [0.1, 0.15) is 23.6 Å². The van der Waals surface area contributed by atoms with Gasteiger partial charge in [-0.3, -0.25) is 0 Å². The van der Waals surface area contributed by atoms with E-state index in [1.165, 1.54) is 0 Å². The van der Waals surface area contributed by atoms with Crippen LogP contribution in [-0.4, -0.2) is 31.5 Å². The van der Waals surface area contributed by atoms with Crippen LogP contribution in [0.5, 0.6) is 5.75 Å². The molecule has 4 nitrogen and oxygen atoms in total. The molecule has 2 atom stereocenters. The van der Waals surface area contributed by atoms with Crippen molar-refractivity contribution in [3.8, 4) is 5.75 Å². The Morgan fingerprint density at radius 2 is 2.08 bits per heavy atom. The molecule has 1 aromatic carbocycles. The van der Waals surface area contributed by atoms with Gasteiger partial charge in [0.05, 0.1) is 6.61 Å². The van der Waals surface area contributed by atoms with Gasteiger partial charge in [-0.1, -0.05) is 19.4 Å². The molecule has 0 aromatic heterocycles. The molecule has 2 unspecified atom stereocenters. The minimum absolute atomic E-state index is 0.145. The van der Waals surface area contributed by atoms with Crippen LogP contribution in [0.3, 0.4) is 0 Å². The molecule has 0 radical (unpaired) electrons. The lowest BCUT2D eigenvalue weighted by Gasteiger charge is -2.44. The van der Waals surface area contributed by atoms with E-state index in [0.717, 1.165) is 43.0 Å². The van der Waals surface area contributed by atoms with E-state index in [4.69, 9.17) is 14.2 Å². The fraction of sp³-hybridized carbons (Fsp3) is 0.600. The zero-order valence-corrected chi connectivity index (χ0v) is 15.4. The predicted molar refractivity (Wildman–Crippen MR) is 98.9 cm³/mol. The lowest BCUT2D eigenvalue weighted by Crippen LogP contribution is -2.51. The zero-order valence-electron chi connectivity index (χ0n) is 15.4. The number of fused-ring (bicyclic) bond motifs is 1. The summed E-state index contributed by atoms with van der Waals surface area (Å²) < 4.78 is 18.6. The van der Waals surface area contributed by atoms with Crippen molar-refractivity contribution in [2.45, 2.75) is 58.3 Å². The minimum Gasteiger partial charge on any atom is -0.485 e. The molecule has 24 heavy (non-hydrogen) atoms. The topological polar surface area (TPSA) is 39.7 Å². The van der Waals surface area contributed by atoms with Crippen LogP contribution in [0.4, 0.5) is 5.69 Å². The second-order valence-corrected chi connectivity index (χ2v) is 6.68. The fourth-order valence-corrected chi connectivity index (χ4v) is 3.04. The van der Waals surface area contributed by atoms with Gasteiger partial charge in [-0.15, -0.1) is 6.58 Å². The molecule has 134 valence electrons. The third-order valence-corrected chi connectivity index (χ3v) is 4.22. The van der Waals surface area contributed by atoms with Gasteiger partial charge < -0.3 is 19.5 Å². The first-order valence-corrected chi connectivity index (χ1v) is 8.94. The summed E-state index contributed by atoms with van der Waals surface area (Å²) >= 11 is 0. The van der Waals surface area contributed by atoms with Crippen molar-refractivity contribution >= 4 is 5.69 Å². The van der Waals surface area contributed by atoms with Crippen LogP contribution in [0.1, 0.15) is 52.2 Å². The van der Waals surface area contributed by atoms with Crippen molar-refractivity contribution < 1.29 is 14.2 Å². The van der Waals surface area contributed by atoms with E-state index in [0.29, 0.717) is 6.61 Å². The van der Waals surface area contributed by atoms with Crippen LogP contribution in [0.25, 0.3) is 0 Å². The molecule has 0 saturated heterocycles. The summed E-state index contributed by atoms with van der Waals surface area (Å²) in [6, 6.07) is 6.19. The van der Waals surface area contributed by atoms with Crippen molar-refractivity contribution in [1.82, 2.24) is 0 Å². The SMILES string of the molecule is C=CCOC1C(OCCCC)c2cc(NCC)ccc2OC1(C)C. The van der Waals surface area contributed by atoms with Crippen LogP contribution in [0, 0.1) is 0 Å². The summed E-state index contributed by atoms with van der Waals surface area (Å²) in [5.74, 6) is 0.876. The Kier molecular flexibility index (Phi) is 6.69. The molecule has 2 rings (SSSR count). The Balaban J connectivity index is 2.36. The van der Waals surface area contributed by atoms with Crippen molar-refractivity contribution in [1.29, 1.82) is 0 Å². The maximum Gasteiger partial charge on any atom is 0.132 e. The Morgan fingerprint density at radius 3 is 2.75 bits per heavy atom. The molecule has 0 saturated carbocycles. The second kappa shape index (κ2) is 8.54. The van der Waals surface area contributed by atoms with Gasteiger partial charge in [-0.2, -0.15) is 0 Å². The van der Waals surface area contributed by atoms with Gasteiger partial charge in [0.25, 0.3) is 0 Å². The first-order chi connectivity index (χ1) is 11.5. The summed E-state index contributed by atoms with van der Waals surface area (Å²) in [6.45, 7) is 14.2. The highest BCUT2D eigenvalue weighted by Gasteiger charge is 2.45. The number of unbranched alkanes of at least 4 members (excludes halogenated alkanes) is 1. The molecule has 4 heteroatoms. The first kappa shape index (κ1) is 18.8. The van der Waals surface area contributed by atoms with E-state index >= 15 is 0 Å². The predicted octanol–water partition coefficient (Wildman–Crippen LogP) is 4.72. The van der Waals surface area contributed by atoms with Crippen molar-refractivity contribution in [2.75, 3.05) is 25.1 Å². The lowest BCUT2D eigenvalue weighted by atomic mass is 9.87. The zero-order chi connectivity index (χ0) is 17.6. The molecule has 1 heterocycles. The van der Waals surface area contributed by atoms with Crippen LogP contribution >= 0.6 is 0 Å². The van der Waals surface area contributed by atoms with Crippen LogP contribution < -0.4 is 10.1 Å². The van der Waals surface area contributed by atoms with Crippen LogP contribution in [0.15, 0.2) is 30.9 Å². The van der Waals surface area contributed by atoms with Gasteiger partial charge in [0.2, 0.25) is 0 Å². The summed E-state index contributed by atoms with van der Waals surface area (Å²) in [5.41, 5.74) is 1.66. The van der Waals surface area contributed by atoms with Crippen molar-refractivity contribution in [3.63, 3.8) is 0 Å². The van der Waals surface area contributed by atoms with Gasteiger partial charge in [-0.05, 0) is 45.4 Å². The number of hydrogen-bond donors (Lipinski definition) is 1. The van der Waals surface area contributed by atoms with E-state index in [9.17, 15) is 0 Å². The second-order valence-electron chi connectivity index (χ2n) is 6.68. The lowest BCUT2D eigenvalue weighted by molar-refractivity contribution is -0.157. The molecule has 1 aliphatic heterocycles. The van der Waals surface area contributed by atoms with Crippen LogP contribution in [0.2, 0.25) is 0 Å². The highest BCUT2D eigenvalue weighted by molar-refractivity contribution is 5.53. The number of benzene rings is 1. The highest BCUT2D eigenvalue weighted by Crippen LogP contribution is 2.44. The Hall–Kier alpha value is -1.52. The normalized spacial score (nSPS) is 21.7. The largest absolute Gasteiger partial charge is 0.485 e. The molecule has 0 bridgehead atoms. The number of ether oxygens (including phenoxy) is 3. The molecule has 0 aliphatic carbocycles. The monoisotopic (exact) mass is 333 g/mol. The Morgan fingerprint density at radius 1 is 1.29 bits per heavy atom. The Bertz CT molecular complexity index is 542. The smallest absolute Gasteiger partial charge is 0.132 e. The summed E-state index contributed by atoms with van der Waals surface area (Å²) in [6.07, 6.45) is 3.58. The van der Waals surface area contributed by atoms with Gasteiger partial charge in [-0.25, -0.2) is 0 Å². The molecular weight excluding hydrogens is 302 g/mol. The first-order valence-electron chi connectivity index (χ1n) is 8.94. The van der Waals surface area contributed by atoms with Crippen molar-refractivity contribution in [2.24, 2.45) is 0 Å². The maximum atomic E-state index is 6.26. The van der Waals surface area contributed by atoms with E-state index in [2.05, 4.69) is 45.7 Å². The van der Waals surface area contributed by atoms with E-state index in [1.54, 1.807) is 6.08 Å². The van der Waals surface area contributed by atoms with Gasteiger partial charge in [0.15, 0.2) is 0 Å². The van der Waals surface area contributed by atoms with Gasteiger partial charge in [0, 0.05) is 24.4 Å². The summed E-state index contributed by atoms with van der Waals surface area (Å²) in [5, 5.41) is 3.36. The van der Waals surface area contributed by atoms with Gasteiger partial charge >= 0.3 is 0 Å². The fourth-order valence-electron chi connectivity index (χ4n) is 3.04. The standard InChI is InChI=1S/C20H31NO3/c1-6-9-13-22-18-16-14-15(21-8-3)10-11-17(16)24-20(4,5)19(18)23-12-7-2/h7,10-11,14,18-19,21H,2,6,8-9,12-13H2,1,3-5H3. The highest BCUT2D eigenvalue weighted by atomic mass is 16.6. The number of hydrogen-bond acceptors (Lipinski definition) is 4. The molecule has 0 spiro atoms. The quantitative estimate of drug-likeness (QED) is 0.524. The third kappa shape index (κ3) is 4.31. The van der Waals surface area contributed by atoms with E-state index in [1.807, 2.05) is 12.1 Å². The molecule has 0 fully saturated rings.